The lowest BCUT2D eigenvalue weighted by Gasteiger charge is -2.26. The third-order valence-electron chi connectivity index (χ3n) is 4.85. The van der Waals surface area contributed by atoms with Gasteiger partial charge in [0.1, 0.15) is 19.0 Å². The van der Waals surface area contributed by atoms with Crippen LogP contribution in [0.5, 0.6) is 11.5 Å². The van der Waals surface area contributed by atoms with Crippen LogP contribution in [-0.2, 0) is 6.42 Å². The van der Waals surface area contributed by atoms with E-state index in [1.807, 2.05) is 0 Å². The summed E-state index contributed by atoms with van der Waals surface area (Å²) in [6.45, 7) is 5.65. The van der Waals surface area contributed by atoms with Crippen LogP contribution in [0.4, 0.5) is 0 Å². The summed E-state index contributed by atoms with van der Waals surface area (Å²) in [6.07, 6.45) is 5.75. The predicted molar refractivity (Wildman–Crippen MR) is 90.5 cm³/mol. The van der Waals surface area contributed by atoms with E-state index in [4.69, 9.17) is 14.5 Å². The standard InChI is InChI=1S/C18H25N3O2/c1-2-3-4-18-20-14-11-16-17(23-10-9-22-16)12-15(14)21(18)13-5-7-19-8-6-13/h11-13,19H,2-10H2,1H3. The topological polar surface area (TPSA) is 48.3 Å². The maximum Gasteiger partial charge on any atom is 0.163 e. The molecule has 1 saturated heterocycles. The highest BCUT2D eigenvalue weighted by molar-refractivity contribution is 5.81. The van der Waals surface area contributed by atoms with E-state index >= 15 is 0 Å². The average Bonchev–Trinajstić information content (AvgIpc) is 2.95. The van der Waals surface area contributed by atoms with Gasteiger partial charge in [-0.1, -0.05) is 13.3 Å². The molecule has 0 unspecified atom stereocenters. The minimum Gasteiger partial charge on any atom is -0.486 e. The van der Waals surface area contributed by atoms with Crippen LogP contribution in [0.2, 0.25) is 0 Å². The smallest absolute Gasteiger partial charge is 0.163 e. The van der Waals surface area contributed by atoms with Gasteiger partial charge in [0.25, 0.3) is 0 Å². The van der Waals surface area contributed by atoms with Gasteiger partial charge in [0, 0.05) is 24.6 Å². The van der Waals surface area contributed by atoms with Crippen molar-refractivity contribution in [2.45, 2.75) is 45.1 Å². The molecule has 0 saturated carbocycles. The number of aromatic nitrogens is 2. The first kappa shape index (κ1) is 14.8. The Morgan fingerprint density at radius 2 is 1.91 bits per heavy atom. The van der Waals surface area contributed by atoms with Crippen molar-refractivity contribution < 1.29 is 9.47 Å². The fourth-order valence-electron chi connectivity index (χ4n) is 3.67. The van der Waals surface area contributed by atoms with E-state index in [0.29, 0.717) is 19.3 Å². The van der Waals surface area contributed by atoms with Gasteiger partial charge < -0.3 is 19.4 Å². The van der Waals surface area contributed by atoms with Crippen molar-refractivity contribution in [3.05, 3.63) is 18.0 Å². The number of piperidine rings is 1. The highest BCUT2D eigenvalue weighted by Gasteiger charge is 2.23. The summed E-state index contributed by atoms with van der Waals surface area (Å²) in [6, 6.07) is 4.72. The summed E-state index contributed by atoms with van der Waals surface area (Å²) in [5, 5.41) is 3.46. The molecule has 0 amide bonds. The monoisotopic (exact) mass is 315 g/mol. The summed E-state index contributed by atoms with van der Waals surface area (Å²) in [7, 11) is 0. The normalized spacial score (nSPS) is 18.5. The number of nitrogens with one attached hydrogen (secondary N) is 1. The molecular weight excluding hydrogens is 290 g/mol. The Kier molecular flexibility index (Phi) is 4.12. The van der Waals surface area contributed by atoms with Crippen LogP contribution in [0.3, 0.4) is 0 Å². The average molecular weight is 315 g/mol. The second kappa shape index (κ2) is 6.40. The van der Waals surface area contributed by atoms with Crippen LogP contribution in [0, 0.1) is 0 Å². The molecule has 2 aromatic rings. The second-order valence-corrected chi connectivity index (χ2v) is 6.47. The Labute approximate surface area is 137 Å². The van der Waals surface area contributed by atoms with Crippen molar-refractivity contribution in [3.63, 3.8) is 0 Å². The lowest BCUT2D eigenvalue weighted by Crippen LogP contribution is -2.30. The van der Waals surface area contributed by atoms with E-state index < -0.39 is 0 Å². The summed E-state index contributed by atoms with van der Waals surface area (Å²) in [4.78, 5) is 4.94. The van der Waals surface area contributed by atoms with Crippen molar-refractivity contribution >= 4 is 11.0 Å². The number of hydrogen-bond acceptors (Lipinski definition) is 4. The second-order valence-electron chi connectivity index (χ2n) is 6.47. The maximum absolute atomic E-state index is 5.79. The first-order valence-electron chi connectivity index (χ1n) is 8.88. The van der Waals surface area contributed by atoms with Gasteiger partial charge in [-0.25, -0.2) is 4.98 Å². The van der Waals surface area contributed by atoms with Crippen molar-refractivity contribution in [2.75, 3.05) is 26.3 Å². The van der Waals surface area contributed by atoms with Crippen LogP contribution in [0.25, 0.3) is 11.0 Å². The van der Waals surface area contributed by atoms with Gasteiger partial charge in [-0.05, 0) is 32.4 Å². The molecule has 0 aliphatic carbocycles. The zero-order chi connectivity index (χ0) is 15.6. The van der Waals surface area contributed by atoms with Gasteiger partial charge in [0.15, 0.2) is 11.5 Å². The summed E-state index contributed by atoms with van der Waals surface area (Å²) in [5.41, 5.74) is 2.24. The number of rotatable bonds is 4. The summed E-state index contributed by atoms with van der Waals surface area (Å²) >= 11 is 0. The molecule has 3 heterocycles. The van der Waals surface area contributed by atoms with Crippen LogP contribution < -0.4 is 14.8 Å². The summed E-state index contributed by atoms with van der Waals surface area (Å²) in [5.74, 6) is 2.91. The SMILES string of the molecule is CCCCc1nc2cc3c(cc2n1C1CCNCC1)OCCO3. The first-order valence-corrected chi connectivity index (χ1v) is 8.88. The number of fused-ring (bicyclic) bond motifs is 2. The van der Waals surface area contributed by atoms with E-state index in [0.717, 1.165) is 36.5 Å². The largest absolute Gasteiger partial charge is 0.486 e. The van der Waals surface area contributed by atoms with E-state index in [-0.39, 0.29) is 0 Å². The molecule has 1 aromatic heterocycles. The number of aryl methyl sites for hydroxylation is 1. The molecule has 4 rings (SSSR count). The molecule has 0 spiro atoms. The minimum atomic E-state index is 0.538. The van der Waals surface area contributed by atoms with Gasteiger partial charge in [-0.2, -0.15) is 0 Å². The Hall–Kier alpha value is -1.75. The fourth-order valence-corrected chi connectivity index (χ4v) is 3.67. The van der Waals surface area contributed by atoms with Gasteiger partial charge in [0.05, 0.1) is 11.0 Å². The van der Waals surface area contributed by atoms with Crippen molar-refractivity contribution in [3.8, 4) is 11.5 Å². The van der Waals surface area contributed by atoms with Gasteiger partial charge >= 0.3 is 0 Å². The summed E-state index contributed by atoms with van der Waals surface area (Å²) < 4.78 is 14.0. The number of benzene rings is 1. The van der Waals surface area contributed by atoms with Crippen molar-refractivity contribution in [2.24, 2.45) is 0 Å². The Balaban J connectivity index is 1.81. The molecule has 0 radical (unpaired) electrons. The lowest BCUT2D eigenvalue weighted by atomic mass is 10.1. The minimum absolute atomic E-state index is 0.538. The lowest BCUT2D eigenvalue weighted by molar-refractivity contribution is 0.172. The predicted octanol–water partition coefficient (Wildman–Crippen LogP) is 3.07. The van der Waals surface area contributed by atoms with Crippen molar-refractivity contribution in [1.29, 1.82) is 0 Å². The van der Waals surface area contributed by atoms with E-state index in [1.165, 1.54) is 37.0 Å². The number of ether oxygens (including phenoxy) is 2. The van der Waals surface area contributed by atoms with Gasteiger partial charge in [-0.3, -0.25) is 0 Å². The quantitative estimate of drug-likeness (QED) is 0.942. The molecule has 5 heteroatoms. The molecule has 124 valence electrons. The highest BCUT2D eigenvalue weighted by atomic mass is 16.6. The molecule has 2 aliphatic rings. The molecule has 0 atom stereocenters. The molecule has 23 heavy (non-hydrogen) atoms. The van der Waals surface area contributed by atoms with E-state index in [9.17, 15) is 0 Å². The zero-order valence-corrected chi connectivity index (χ0v) is 13.8. The van der Waals surface area contributed by atoms with Crippen LogP contribution in [-0.4, -0.2) is 35.9 Å². The van der Waals surface area contributed by atoms with Crippen LogP contribution in [0.15, 0.2) is 12.1 Å². The Morgan fingerprint density at radius 1 is 1.17 bits per heavy atom. The number of unbranched alkanes of at least 4 members (excludes halogenated alkanes) is 1. The number of nitrogens with zero attached hydrogens (tertiary/aromatic N) is 2. The molecular formula is C18H25N3O2. The van der Waals surface area contributed by atoms with E-state index in [1.54, 1.807) is 0 Å². The number of imidazole rings is 1. The maximum atomic E-state index is 5.79. The molecule has 1 aromatic carbocycles. The molecule has 1 fully saturated rings. The fraction of sp³-hybridized carbons (Fsp3) is 0.611. The molecule has 1 N–H and O–H groups in total. The van der Waals surface area contributed by atoms with Crippen molar-refractivity contribution in [1.82, 2.24) is 14.9 Å². The molecule has 2 aliphatic heterocycles. The Morgan fingerprint density at radius 3 is 2.65 bits per heavy atom. The third-order valence-corrected chi connectivity index (χ3v) is 4.85. The first-order chi connectivity index (χ1) is 11.4. The van der Waals surface area contributed by atoms with E-state index in [2.05, 4.69) is 28.9 Å². The highest BCUT2D eigenvalue weighted by Crippen LogP contribution is 2.37. The zero-order valence-electron chi connectivity index (χ0n) is 13.8. The molecule has 0 bridgehead atoms. The molecule has 5 nitrogen and oxygen atoms in total. The Bertz CT molecular complexity index is 689. The number of hydrogen-bond donors (Lipinski definition) is 1. The van der Waals surface area contributed by atoms with Gasteiger partial charge in [0.2, 0.25) is 0 Å². The van der Waals surface area contributed by atoms with Gasteiger partial charge in [-0.15, -0.1) is 0 Å². The van der Waals surface area contributed by atoms with Crippen LogP contribution >= 0.6 is 0 Å². The van der Waals surface area contributed by atoms with Crippen LogP contribution in [0.1, 0.15) is 44.5 Å². The third kappa shape index (κ3) is 2.78.